The monoisotopic (exact) mass is 536 g/mol. The molecule has 1 N–H and O–H groups in total. The number of ether oxygens (including phenoxy) is 1. The van der Waals surface area contributed by atoms with Crippen LogP contribution in [0.5, 0.6) is 0 Å². The van der Waals surface area contributed by atoms with Gasteiger partial charge in [-0.1, -0.05) is 30.3 Å². The molecule has 1 aromatic heterocycles. The first-order valence-electron chi connectivity index (χ1n) is 14.2. The fraction of sp³-hybridized carbons (Fsp3) is 0.333. The number of anilines is 1. The summed E-state index contributed by atoms with van der Waals surface area (Å²) in [5.41, 5.74) is 6.16. The number of benzene rings is 3. The van der Waals surface area contributed by atoms with Gasteiger partial charge in [0.2, 0.25) is 0 Å². The van der Waals surface area contributed by atoms with Crippen molar-refractivity contribution < 1.29 is 9.53 Å². The number of carbonyl (C=O) groups excluding carboxylic acids is 1. The number of nitrogens with one attached hydrogen (secondary N) is 1. The number of hydrogen-bond donors (Lipinski definition) is 1. The number of hydrogen-bond acceptors (Lipinski definition) is 5. The van der Waals surface area contributed by atoms with E-state index in [1.54, 1.807) is 12.1 Å². The highest BCUT2D eigenvalue weighted by molar-refractivity contribution is 5.95. The molecule has 0 radical (unpaired) electrons. The van der Waals surface area contributed by atoms with Crippen LogP contribution in [0.1, 0.15) is 24.2 Å². The van der Waals surface area contributed by atoms with E-state index >= 15 is 0 Å². The lowest BCUT2D eigenvalue weighted by Gasteiger charge is -2.38. The lowest BCUT2D eigenvalue weighted by atomic mass is 9.99. The van der Waals surface area contributed by atoms with Gasteiger partial charge in [0.05, 0.1) is 13.2 Å². The molecule has 0 aliphatic carbocycles. The van der Waals surface area contributed by atoms with Crippen molar-refractivity contribution in [2.75, 3.05) is 57.4 Å². The second-order valence-corrected chi connectivity index (χ2v) is 11.0. The van der Waals surface area contributed by atoms with Crippen molar-refractivity contribution in [3.05, 3.63) is 88.7 Å². The van der Waals surface area contributed by atoms with Gasteiger partial charge in [0.1, 0.15) is 0 Å². The third-order valence-corrected chi connectivity index (χ3v) is 8.20. The van der Waals surface area contributed by atoms with E-state index in [1.165, 1.54) is 5.69 Å². The summed E-state index contributed by atoms with van der Waals surface area (Å²) < 4.78 is 5.35. The molecule has 2 aliphatic rings. The molecule has 7 nitrogen and oxygen atoms in total. The van der Waals surface area contributed by atoms with Crippen LogP contribution in [0.4, 0.5) is 5.69 Å². The lowest BCUT2D eigenvalue weighted by Crippen LogP contribution is -2.48. The molecule has 40 heavy (non-hydrogen) atoms. The molecule has 1 amide bonds. The normalized spacial score (nSPS) is 16.6. The van der Waals surface area contributed by atoms with Crippen LogP contribution >= 0.6 is 0 Å². The minimum absolute atomic E-state index is 0.00394. The summed E-state index contributed by atoms with van der Waals surface area (Å²) in [5, 5.41) is 0.967. The standard InChI is InChI=1S/C33H36N4O3/c1-23(2)35-13-15-36(16-14-35)29-10-7-24(8-11-29)27-9-12-31-28(21-27)22-30(32(38)34-31)25-3-5-26(6-4-25)33(39)37-17-19-40-20-18-37/h3-12,21-23H,13-20H2,1-2H3,(H,34,38). The maximum absolute atomic E-state index is 12.9. The van der Waals surface area contributed by atoms with Gasteiger partial charge in [-0.05, 0) is 78.4 Å². The molecule has 4 aromatic rings. The maximum atomic E-state index is 12.9. The summed E-state index contributed by atoms with van der Waals surface area (Å²) in [5.74, 6) is -0.00394. The number of nitrogens with zero attached hydrogens (tertiary/aromatic N) is 3. The third kappa shape index (κ3) is 5.40. The topological polar surface area (TPSA) is 68.9 Å². The van der Waals surface area contributed by atoms with E-state index in [9.17, 15) is 9.59 Å². The predicted octanol–water partition coefficient (Wildman–Crippen LogP) is 4.86. The van der Waals surface area contributed by atoms with Gasteiger partial charge in [0, 0.05) is 67.6 Å². The fourth-order valence-electron chi connectivity index (χ4n) is 5.70. The maximum Gasteiger partial charge on any atom is 0.256 e. The third-order valence-electron chi connectivity index (χ3n) is 8.20. The van der Waals surface area contributed by atoms with Crippen molar-refractivity contribution in [1.82, 2.24) is 14.8 Å². The molecule has 2 aliphatic heterocycles. The molecule has 0 spiro atoms. The first kappa shape index (κ1) is 26.3. The number of amides is 1. The van der Waals surface area contributed by atoms with Crippen LogP contribution in [0.25, 0.3) is 33.2 Å². The second kappa shape index (κ2) is 11.3. The van der Waals surface area contributed by atoms with Crippen LogP contribution in [0, 0.1) is 0 Å². The first-order chi connectivity index (χ1) is 19.5. The Hall–Kier alpha value is -3.94. The summed E-state index contributed by atoms with van der Waals surface area (Å²) in [4.78, 5) is 35.6. The first-order valence-corrected chi connectivity index (χ1v) is 14.2. The highest BCUT2D eigenvalue weighted by atomic mass is 16.5. The van der Waals surface area contributed by atoms with Crippen LogP contribution in [0.15, 0.2) is 77.6 Å². The molecule has 0 atom stereocenters. The number of fused-ring (bicyclic) bond motifs is 1. The number of rotatable bonds is 5. The minimum atomic E-state index is -0.144. The fourth-order valence-corrected chi connectivity index (χ4v) is 5.70. The Morgan fingerprint density at radius 3 is 2.10 bits per heavy atom. The van der Waals surface area contributed by atoms with E-state index in [1.807, 2.05) is 29.2 Å². The number of aromatic nitrogens is 1. The molecule has 0 unspecified atom stereocenters. The van der Waals surface area contributed by atoms with Crippen LogP contribution < -0.4 is 10.5 Å². The predicted molar refractivity (Wildman–Crippen MR) is 161 cm³/mol. The van der Waals surface area contributed by atoms with Crippen LogP contribution in [-0.2, 0) is 4.74 Å². The Balaban J connectivity index is 1.21. The molecule has 2 saturated heterocycles. The van der Waals surface area contributed by atoms with Crippen molar-refractivity contribution in [3.63, 3.8) is 0 Å². The Morgan fingerprint density at radius 1 is 0.775 bits per heavy atom. The summed E-state index contributed by atoms with van der Waals surface area (Å²) in [6.45, 7) is 11.1. The SMILES string of the molecule is CC(C)N1CCN(c2ccc(-c3ccc4[nH]c(=O)c(-c5ccc(C(=O)N6CCOCC6)cc5)cc4c3)cc2)CC1. The quantitative estimate of drug-likeness (QED) is 0.394. The number of carbonyl (C=O) groups is 1. The van der Waals surface area contributed by atoms with Crippen molar-refractivity contribution >= 4 is 22.5 Å². The summed E-state index contributed by atoms with van der Waals surface area (Å²) >= 11 is 0. The zero-order valence-electron chi connectivity index (χ0n) is 23.2. The minimum Gasteiger partial charge on any atom is -0.378 e. The molecule has 206 valence electrons. The number of piperazine rings is 1. The van der Waals surface area contributed by atoms with Gasteiger partial charge >= 0.3 is 0 Å². The van der Waals surface area contributed by atoms with Gasteiger partial charge in [-0.25, -0.2) is 0 Å². The van der Waals surface area contributed by atoms with Crippen molar-refractivity contribution in [2.24, 2.45) is 0 Å². The molecule has 2 fully saturated rings. The van der Waals surface area contributed by atoms with Crippen molar-refractivity contribution in [2.45, 2.75) is 19.9 Å². The molecular weight excluding hydrogens is 500 g/mol. The van der Waals surface area contributed by atoms with Crippen molar-refractivity contribution in [1.29, 1.82) is 0 Å². The van der Waals surface area contributed by atoms with Gasteiger partial charge in [-0.3, -0.25) is 14.5 Å². The molecule has 3 aromatic carbocycles. The van der Waals surface area contributed by atoms with Gasteiger partial charge in [-0.15, -0.1) is 0 Å². The molecule has 0 saturated carbocycles. The van der Waals surface area contributed by atoms with Crippen molar-refractivity contribution in [3.8, 4) is 22.3 Å². The summed E-state index contributed by atoms with van der Waals surface area (Å²) in [6, 6.07) is 24.8. The average Bonchev–Trinajstić information content (AvgIpc) is 3.01. The van der Waals surface area contributed by atoms with E-state index in [0.717, 1.165) is 53.8 Å². The summed E-state index contributed by atoms with van der Waals surface area (Å²) in [7, 11) is 0. The molecule has 7 heteroatoms. The highest BCUT2D eigenvalue weighted by Gasteiger charge is 2.20. The summed E-state index contributed by atoms with van der Waals surface area (Å²) in [6.07, 6.45) is 0. The van der Waals surface area contributed by atoms with E-state index in [-0.39, 0.29) is 11.5 Å². The zero-order chi connectivity index (χ0) is 27.6. The Labute approximate surface area is 235 Å². The lowest BCUT2D eigenvalue weighted by molar-refractivity contribution is 0.0303. The molecule has 0 bridgehead atoms. The van der Waals surface area contributed by atoms with E-state index in [4.69, 9.17) is 4.74 Å². The molecule has 6 rings (SSSR count). The average molecular weight is 537 g/mol. The van der Waals surface area contributed by atoms with E-state index in [2.05, 4.69) is 65.0 Å². The Bertz CT molecular complexity index is 1550. The zero-order valence-corrected chi connectivity index (χ0v) is 23.2. The van der Waals surface area contributed by atoms with Crippen LogP contribution in [0.2, 0.25) is 0 Å². The van der Waals surface area contributed by atoms with Crippen LogP contribution in [0.3, 0.4) is 0 Å². The number of H-pyrrole nitrogens is 1. The Kier molecular flexibility index (Phi) is 7.41. The van der Waals surface area contributed by atoms with E-state index < -0.39 is 0 Å². The highest BCUT2D eigenvalue weighted by Crippen LogP contribution is 2.28. The number of pyridine rings is 1. The van der Waals surface area contributed by atoms with Gasteiger partial charge in [0.15, 0.2) is 0 Å². The van der Waals surface area contributed by atoms with Gasteiger partial charge in [0.25, 0.3) is 11.5 Å². The number of aromatic amines is 1. The van der Waals surface area contributed by atoms with E-state index in [0.29, 0.717) is 43.5 Å². The number of morpholine rings is 1. The van der Waals surface area contributed by atoms with Gasteiger partial charge in [-0.2, -0.15) is 0 Å². The Morgan fingerprint density at radius 2 is 1.43 bits per heavy atom. The largest absolute Gasteiger partial charge is 0.378 e. The molecular formula is C33H36N4O3. The smallest absolute Gasteiger partial charge is 0.256 e. The molecule has 3 heterocycles. The van der Waals surface area contributed by atoms with Gasteiger partial charge < -0.3 is 19.5 Å². The van der Waals surface area contributed by atoms with Crippen LogP contribution in [-0.4, -0.2) is 79.2 Å². The second-order valence-electron chi connectivity index (χ2n) is 11.0.